The molecule has 1 aromatic rings. The van der Waals surface area contributed by atoms with Crippen molar-refractivity contribution in [2.24, 2.45) is 0 Å². The van der Waals surface area contributed by atoms with Gasteiger partial charge in [0.2, 0.25) is 0 Å². The van der Waals surface area contributed by atoms with Gasteiger partial charge in [0.1, 0.15) is 5.75 Å². The number of likely N-dealkylation sites (N-methyl/N-ethyl adjacent to an activating group) is 1. The first-order valence-electron chi connectivity index (χ1n) is 4.84. The number of halogens is 1. The maximum absolute atomic E-state index is 9.68. The SMILES string of the molecule is CCc1cc(Cl)c(O)c(CCNC)c1. The van der Waals surface area contributed by atoms with Crippen molar-refractivity contribution in [1.29, 1.82) is 0 Å². The lowest BCUT2D eigenvalue weighted by atomic mass is 10.1. The van der Waals surface area contributed by atoms with Gasteiger partial charge in [0, 0.05) is 0 Å². The number of aryl methyl sites for hydroxylation is 1. The van der Waals surface area contributed by atoms with Crippen molar-refractivity contribution in [3.05, 3.63) is 28.3 Å². The fourth-order valence-electron chi connectivity index (χ4n) is 1.37. The van der Waals surface area contributed by atoms with Crippen LogP contribution < -0.4 is 5.32 Å². The Balaban J connectivity index is 2.95. The average molecular weight is 214 g/mol. The molecule has 0 spiro atoms. The third kappa shape index (κ3) is 2.63. The topological polar surface area (TPSA) is 32.3 Å². The summed E-state index contributed by atoms with van der Waals surface area (Å²) in [6.07, 6.45) is 1.74. The molecule has 1 rings (SSSR count). The van der Waals surface area contributed by atoms with Gasteiger partial charge in [0.25, 0.3) is 0 Å². The summed E-state index contributed by atoms with van der Waals surface area (Å²) in [5.74, 6) is 0.221. The maximum atomic E-state index is 9.68. The fourth-order valence-corrected chi connectivity index (χ4v) is 1.63. The van der Waals surface area contributed by atoms with Crippen molar-refractivity contribution in [3.8, 4) is 5.75 Å². The largest absolute Gasteiger partial charge is 0.506 e. The van der Waals surface area contributed by atoms with Crippen molar-refractivity contribution >= 4 is 11.6 Å². The van der Waals surface area contributed by atoms with Crippen LogP contribution in [0.2, 0.25) is 5.02 Å². The minimum atomic E-state index is 0.221. The molecule has 0 aromatic heterocycles. The molecule has 0 heterocycles. The van der Waals surface area contributed by atoms with Crippen LogP contribution in [0.25, 0.3) is 0 Å². The van der Waals surface area contributed by atoms with Gasteiger partial charge >= 0.3 is 0 Å². The Labute approximate surface area is 89.9 Å². The molecule has 0 aliphatic rings. The second-order valence-electron chi connectivity index (χ2n) is 3.29. The van der Waals surface area contributed by atoms with Crippen LogP contribution in [0.4, 0.5) is 0 Å². The fraction of sp³-hybridized carbons (Fsp3) is 0.455. The molecule has 0 radical (unpaired) electrons. The van der Waals surface area contributed by atoms with E-state index in [0.29, 0.717) is 5.02 Å². The summed E-state index contributed by atoms with van der Waals surface area (Å²) in [5.41, 5.74) is 2.09. The lowest BCUT2D eigenvalue weighted by Crippen LogP contribution is -2.10. The third-order valence-corrected chi connectivity index (χ3v) is 2.54. The number of hydrogen-bond acceptors (Lipinski definition) is 2. The molecule has 0 atom stereocenters. The molecule has 0 aliphatic heterocycles. The van der Waals surface area contributed by atoms with Crippen molar-refractivity contribution in [2.75, 3.05) is 13.6 Å². The normalized spacial score (nSPS) is 10.5. The van der Waals surface area contributed by atoms with Gasteiger partial charge in [-0.2, -0.15) is 0 Å². The van der Waals surface area contributed by atoms with Gasteiger partial charge in [-0.25, -0.2) is 0 Å². The molecule has 0 fully saturated rings. The smallest absolute Gasteiger partial charge is 0.137 e. The van der Waals surface area contributed by atoms with E-state index in [-0.39, 0.29) is 5.75 Å². The second-order valence-corrected chi connectivity index (χ2v) is 3.70. The Morgan fingerprint density at radius 1 is 1.43 bits per heavy atom. The van der Waals surface area contributed by atoms with E-state index in [1.54, 1.807) is 0 Å². The van der Waals surface area contributed by atoms with Crippen molar-refractivity contribution in [2.45, 2.75) is 19.8 Å². The molecular weight excluding hydrogens is 198 g/mol. The minimum absolute atomic E-state index is 0.221. The molecule has 14 heavy (non-hydrogen) atoms. The van der Waals surface area contributed by atoms with Crippen molar-refractivity contribution in [3.63, 3.8) is 0 Å². The van der Waals surface area contributed by atoms with Crippen LogP contribution in [0.3, 0.4) is 0 Å². The zero-order chi connectivity index (χ0) is 10.6. The van der Waals surface area contributed by atoms with Gasteiger partial charge in [-0.1, -0.05) is 24.6 Å². The van der Waals surface area contributed by atoms with E-state index in [0.717, 1.165) is 24.9 Å². The first kappa shape index (κ1) is 11.3. The van der Waals surface area contributed by atoms with Gasteiger partial charge in [0.15, 0.2) is 0 Å². The van der Waals surface area contributed by atoms with Crippen molar-refractivity contribution < 1.29 is 5.11 Å². The standard InChI is InChI=1S/C11H16ClNO/c1-3-8-6-9(4-5-13-2)11(14)10(12)7-8/h6-7,13-14H,3-5H2,1-2H3. The summed E-state index contributed by atoms with van der Waals surface area (Å²) < 4.78 is 0. The predicted octanol–water partition coefficient (Wildman–Crippen LogP) is 2.37. The highest BCUT2D eigenvalue weighted by molar-refractivity contribution is 6.32. The van der Waals surface area contributed by atoms with Crippen LogP contribution in [0.15, 0.2) is 12.1 Å². The molecule has 0 saturated heterocycles. The lowest BCUT2D eigenvalue weighted by molar-refractivity contribution is 0.467. The molecule has 0 amide bonds. The summed E-state index contributed by atoms with van der Waals surface area (Å²) >= 11 is 5.91. The van der Waals surface area contributed by atoms with Crippen molar-refractivity contribution in [1.82, 2.24) is 5.32 Å². The molecule has 0 aliphatic carbocycles. The minimum Gasteiger partial charge on any atom is -0.506 e. The summed E-state index contributed by atoms with van der Waals surface area (Å²) in [6.45, 7) is 2.92. The Morgan fingerprint density at radius 3 is 2.71 bits per heavy atom. The Kier molecular flexibility index (Phi) is 4.23. The predicted molar refractivity (Wildman–Crippen MR) is 60.1 cm³/mol. The van der Waals surface area contributed by atoms with Crippen LogP contribution in [-0.4, -0.2) is 18.7 Å². The third-order valence-electron chi connectivity index (χ3n) is 2.25. The number of phenols is 1. The van der Waals surface area contributed by atoms with E-state index in [2.05, 4.69) is 12.2 Å². The summed E-state index contributed by atoms with van der Waals surface area (Å²) in [5, 5.41) is 13.2. The van der Waals surface area contributed by atoms with Gasteiger partial charge in [-0.05, 0) is 43.6 Å². The van der Waals surface area contributed by atoms with Crippen LogP contribution in [0.5, 0.6) is 5.75 Å². The number of nitrogens with one attached hydrogen (secondary N) is 1. The molecule has 0 bridgehead atoms. The Morgan fingerprint density at radius 2 is 2.14 bits per heavy atom. The Hall–Kier alpha value is -0.730. The Bertz CT molecular complexity index is 312. The average Bonchev–Trinajstić information content (AvgIpc) is 2.20. The lowest BCUT2D eigenvalue weighted by Gasteiger charge is -2.08. The summed E-state index contributed by atoms with van der Waals surface area (Å²) in [7, 11) is 1.89. The highest BCUT2D eigenvalue weighted by Gasteiger charge is 2.07. The number of phenolic OH excluding ortho intramolecular Hbond substituents is 1. The van der Waals surface area contributed by atoms with Gasteiger partial charge in [0.05, 0.1) is 5.02 Å². The van der Waals surface area contributed by atoms with E-state index in [1.165, 1.54) is 5.56 Å². The van der Waals surface area contributed by atoms with Gasteiger partial charge in [-0.15, -0.1) is 0 Å². The first-order valence-corrected chi connectivity index (χ1v) is 5.21. The number of rotatable bonds is 4. The summed E-state index contributed by atoms with van der Waals surface area (Å²) in [4.78, 5) is 0. The van der Waals surface area contributed by atoms with Crippen LogP contribution in [-0.2, 0) is 12.8 Å². The van der Waals surface area contributed by atoms with Crippen LogP contribution in [0, 0.1) is 0 Å². The van der Waals surface area contributed by atoms with E-state index < -0.39 is 0 Å². The summed E-state index contributed by atoms with van der Waals surface area (Å²) in [6, 6.07) is 3.83. The molecule has 78 valence electrons. The quantitative estimate of drug-likeness (QED) is 0.805. The second kappa shape index (κ2) is 5.23. The van der Waals surface area contributed by atoms with Gasteiger partial charge in [-0.3, -0.25) is 0 Å². The number of hydrogen-bond donors (Lipinski definition) is 2. The highest BCUT2D eigenvalue weighted by atomic mass is 35.5. The van der Waals surface area contributed by atoms with E-state index >= 15 is 0 Å². The van der Waals surface area contributed by atoms with E-state index in [1.807, 2.05) is 19.2 Å². The van der Waals surface area contributed by atoms with Gasteiger partial charge < -0.3 is 10.4 Å². The molecule has 0 saturated carbocycles. The molecule has 2 nitrogen and oxygen atoms in total. The van der Waals surface area contributed by atoms with Crippen LogP contribution >= 0.6 is 11.6 Å². The number of benzene rings is 1. The van der Waals surface area contributed by atoms with Crippen LogP contribution in [0.1, 0.15) is 18.1 Å². The molecule has 3 heteroatoms. The zero-order valence-corrected chi connectivity index (χ0v) is 9.36. The highest BCUT2D eigenvalue weighted by Crippen LogP contribution is 2.29. The molecule has 0 unspecified atom stereocenters. The number of aromatic hydroxyl groups is 1. The zero-order valence-electron chi connectivity index (χ0n) is 8.60. The molecule has 2 N–H and O–H groups in total. The molecule has 1 aromatic carbocycles. The van der Waals surface area contributed by atoms with E-state index in [4.69, 9.17) is 11.6 Å². The maximum Gasteiger partial charge on any atom is 0.137 e. The van der Waals surface area contributed by atoms with E-state index in [9.17, 15) is 5.11 Å². The first-order chi connectivity index (χ1) is 6.69. The molecular formula is C11H16ClNO. The monoisotopic (exact) mass is 213 g/mol.